The zero-order valence-corrected chi connectivity index (χ0v) is 19.4. The van der Waals surface area contributed by atoms with E-state index in [1.54, 1.807) is 18.3 Å². The average Bonchev–Trinajstić information content (AvgIpc) is 2.85. The Morgan fingerprint density at radius 3 is 2.33 bits per heavy atom. The molecule has 0 saturated heterocycles. The number of carbonyl (C=O) groups excluding carboxylic acids is 1. The lowest BCUT2D eigenvalue weighted by Gasteiger charge is -2.29. The topological polar surface area (TPSA) is 71.1 Å². The molecule has 2 N–H and O–H groups in total. The third kappa shape index (κ3) is 6.12. The third-order valence-corrected chi connectivity index (χ3v) is 7.34. The Hall–Kier alpha value is -2.90. The van der Waals surface area contributed by atoms with Crippen molar-refractivity contribution in [2.24, 2.45) is 5.92 Å². The maximum Gasteiger partial charge on any atom is 0.223 e. The van der Waals surface area contributed by atoms with Crippen molar-refractivity contribution >= 4 is 16.9 Å². The van der Waals surface area contributed by atoms with Crippen molar-refractivity contribution < 1.29 is 13.4 Å². The summed E-state index contributed by atoms with van der Waals surface area (Å²) < 4.78 is 29.1. The van der Waals surface area contributed by atoms with Gasteiger partial charge in [-0.2, -0.15) is 0 Å². The van der Waals surface area contributed by atoms with Gasteiger partial charge in [0.1, 0.15) is 16.8 Å². The van der Waals surface area contributed by atoms with Crippen LogP contribution >= 0.6 is 0 Å². The maximum atomic E-state index is 13.1. The van der Waals surface area contributed by atoms with E-state index in [4.69, 9.17) is 0 Å². The van der Waals surface area contributed by atoms with E-state index < -0.39 is 11.0 Å². The first kappa shape index (κ1) is 23.3. The van der Waals surface area contributed by atoms with Gasteiger partial charge in [0, 0.05) is 23.7 Å². The standard InChI is InChI=1S/C26H28FN3O2S/c1-18(19-7-11-22(27)12-8-19)29-26(31)21-9-13-23(14-10-21)30-33(32)24-15-16-25(28-17-24)20-5-3-2-4-6-20/h2-8,11-12,15-18,21,23,30H,9-10,13-14H2,1H3,(H,29,31)/t18-,21?,23?,33?/m1/s1. The molecule has 33 heavy (non-hydrogen) atoms. The molecule has 2 aromatic carbocycles. The highest BCUT2D eigenvalue weighted by Crippen LogP contribution is 2.26. The van der Waals surface area contributed by atoms with Crippen LogP contribution in [0.25, 0.3) is 11.3 Å². The van der Waals surface area contributed by atoms with Crippen molar-refractivity contribution in [3.05, 3.63) is 84.3 Å². The van der Waals surface area contributed by atoms with E-state index in [-0.39, 0.29) is 29.7 Å². The number of nitrogens with one attached hydrogen (secondary N) is 2. The smallest absolute Gasteiger partial charge is 0.223 e. The van der Waals surface area contributed by atoms with Crippen LogP contribution in [0.5, 0.6) is 0 Å². The second-order valence-electron chi connectivity index (χ2n) is 8.46. The second kappa shape index (κ2) is 10.8. The number of halogens is 1. The van der Waals surface area contributed by atoms with E-state index >= 15 is 0 Å². The van der Waals surface area contributed by atoms with Gasteiger partial charge in [-0.1, -0.05) is 42.5 Å². The Labute approximate surface area is 196 Å². The van der Waals surface area contributed by atoms with Crippen molar-refractivity contribution in [2.45, 2.75) is 49.6 Å². The first-order valence-corrected chi connectivity index (χ1v) is 12.4. The van der Waals surface area contributed by atoms with Crippen molar-refractivity contribution in [1.82, 2.24) is 15.0 Å². The summed E-state index contributed by atoms with van der Waals surface area (Å²) in [5.74, 6) is -0.332. The molecular formula is C26H28FN3O2S. The summed E-state index contributed by atoms with van der Waals surface area (Å²) in [5.41, 5.74) is 2.74. The molecule has 1 aliphatic carbocycles. The fraction of sp³-hybridized carbons (Fsp3) is 0.308. The van der Waals surface area contributed by atoms with Crippen molar-refractivity contribution in [2.75, 3.05) is 0 Å². The molecule has 172 valence electrons. The molecule has 1 saturated carbocycles. The van der Waals surface area contributed by atoms with Gasteiger partial charge >= 0.3 is 0 Å². The third-order valence-electron chi connectivity index (χ3n) is 6.12. The Balaban J connectivity index is 1.25. The number of hydrogen-bond acceptors (Lipinski definition) is 3. The summed E-state index contributed by atoms with van der Waals surface area (Å²) in [6.07, 6.45) is 4.69. The number of aromatic nitrogens is 1. The van der Waals surface area contributed by atoms with Gasteiger partial charge in [-0.15, -0.1) is 0 Å². The van der Waals surface area contributed by atoms with Crippen molar-refractivity contribution in [1.29, 1.82) is 0 Å². The van der Waals surface area contributed by atoms with Crippen LogP contribution in [-0.4, -0.2) is 21.1 Å². The number of amides is 1. The fourth-order valence-corrected chi connectivity index (χ4v) is 5.14. The summed E-state index contributed by atoms with van der Waals surface area (Å²) in [4.78, 5) is 17.8. The molecule has 1 heterocycles. The molecule has 0 bridgehead atoms. The van der Waals surface area contributed by atoms with E-state index in [2.05, 4.69) is 15.0 Å². The number of pyridine rings is 1. The average molecular weight is 466 g/mol. The van der Waals surface area contributed by atoms with Crippen LogP contribution in [0, 0.1) is 11.7 Å². The molecule has 7 heteroatoms. The van der Waals surface area contributed by atoms with Crippen molar-refractivity contribution in [3.8, 4) is 11.3 Å². The Kier molecular flexibility index (Phi) is 7.62. The van der Waals surface area contributed by atoms with Gasteiger partial charge < -0.3 is 5.32 Å². The van der Waals surface area contributed by atoms with Crippen LogP contribution in [0.15, 0.2) is 77.8 Å². The van der Waals surface area contributed by atoms with Crippen LogP contribution in [0.4, 0.5) is 4.39 Å². The highest BCUT2D eigenvalue weighted by molar-refractivity contribution is 7.83. The highest BCUT2D eigenvalue weighted by atomic mass is 32.2. The lowest BCUT2D eigenvalue weighted by molar-refractivity contribution is -0.126. The van der Waals surface area contributed by atoms with Crippen LogP contribution in [0.3, 0.4) is 0 Å². The Morgan fingerprint density at radius 2 is 1.70 bits per heavy atom. The lowest BCUT2D eigenvalue weighted by Crippen LogP contribution is -2.39. The number of nitrogens with zero attached hydrogens (tertiary/aromatic N) is 1. The quantitative estimate of drug-likeness (QED) is 0.519. The van der Waals surface area contributed by atoms with Gasteiger partial charge in [0.25, 0.3) is 0 Å². The monoisotopic (exact) mass is 465 g/mol. The van der Waals surface area contributed by atoms with Gasteiger partial charge in [-0.25, -0.2) is 13.3 Å². The van der Waals surface area contributed by atoms with Crippen LogP contribution in [-0.2, 0) is 15.8 Å². The SMILES string of the molecule is C[C@@H](NC(=O)C1CCC(NS(=O)c2ccc(-c3ccccc3)nc2)CC1)c1ccc(F)cc1. The molecule has 3 aromatic rings. The summed E-state index contributed by atoms with van der Waals surface area (Å²) in [6, 6.07) is 19.7. The van der Waals surface area contributed by atoms with Crippen LogP contribution in [0.1, 0.15) is 44.2 Å². The molecule has 1 unspecified atom stereocenters. The predicted octanol–water partition coefficient (Wildman–Crippen LogP) is 4.94. The maximum absolute atomic E-state index is 13.1. The fourth-order valence-electron chi connectivity index (χ4n) is 4.13. The molecule has 1 aromatic heterocycles. The van der Waals surface area contributed by atoms with E-state index in [9.17, 15) is 13.4 Å². The molecule has 0 aliphatic heterocycles. The zero-order valence-electron chi connectivity index (χ0n) is 18.5. The minimum atomic E-state index is -1.35. The van der Waals surface area contributed by atoms with Crippen LogP contribution < -0.4 is 10.0 Å². The molecular weight excluding hydrogens is 437 g/mol. The van der Waals surface area contributed by atoms with E-state index in [1.165, 1.54) is 12.1 Å². The first-order valence-electron chi connectivity index (χ1n) is 11.2. The molecule has 4 rings (SSSR count). The zero-order chi connectivity index (χ0) is 23.2. The molecule has 1 fully saturated rings. The van der Waals surface area contributed by atoms with Gasteiger partial charge in [-0.3, -0.25) is 9.78 Å². The van der Waals surface area contributed by atoms with Gasteiger partial charge in [0.2, 0.25) is 5.91 Å². The molecule has 0 spiro atoms. The van der Waals surface area contributed by atoms with Gasteiger partial charge in [0.05, 0.1) is 16.6 Å². The summed E-state index contributed by atoms with van der Waals surface area (Å²) in [5, 5.41) is 3.04. The minimum Gasteiger partial charge on any atom is -0.349 e. The van der Waals surface area contributed by atoms with Crippen molar-refractivity contribution in [3.63, 3.8) is 0 Å². The molecule has 1 amide bonds. The number of benzene rings is 2. The van der Waals surface area contributed by atoms with E-state index in [0.29, 0.717) is 4.90 Å². The van der Waals surface area contributed by atoms with Crippen LogP contribution in [0.2, 0.25) is 0 Å². The molecule has 1 aliphatic rings. The number of hydrogen-bond donors (Lipinski definition) is 2. The number of carbonyl (C=O) groups is 1. The lowest BCUT2D eigenvalue weighted by atomic mass is 9.85. The second-order valence-corrected chi connectivity index (χ2v) is 9.71. The summed E-state index contributed by atoms with van der Waals surface area (Å²) >= 11 is 0. The Morgan fingerprint density at radius 1 is 1.00 bits per heavy atom. The number of rotatable bonds is 7. The Bertz CT molecular complexity index is 1080. The van der Waals surface area contributed by atoms with Gasteiger partial charge in [-0.05, 0) is 62.4 Å². The molecule has 0 radical (unpaired) electrons. The predicted molar refractivity (Wildman–Crippen MR) is 128 cm³/mol. The normalized spacial score (nSPS) is 20.1. The summed E-state index contributed by atoms with van der Waals surface area (Å²) in [6.45, 7) is 1.90. The summed E-state index contributed by atoms with van der Waals surface area (Å²) in [7, 11) is -1.35. The molecule has 5 nitrogen and oxygen atoms in total. The first-order chi connectivity index (χ1) is 16.0. The molecule has 2 atom stereocenters. The van der Waals surface area contributed by atoms with E-state index in [1.807, 2.05) is 49.4 Å². The minimum absolute atomic E-state index is 0.0205. The van der Waals surface area contributed by atoms with E-state index in [0.717, 1.165) is 42.5 Å². The highest BCUT2D eigenvalue weighted by Gasteiger charge is 2.28. The van der Waals surface area contributed by atoms with Gasteiger partial charge in [0.15, 0.2) is 0 Å². The largest absolute Gasteiger partial charge is 0.349 e.